The van der Waals surface area contributed by atoms with Crippen LogP contribution in [0.25, 0.3) is 10.4 Å². The first-order valence-corrected chi connectivity index (χ1v) is 4.05. The van der Waals surface area contributed by atoms with E-state index in [1.165, 1.54) is 0 Å². The van der Waals surface area contributed by atoms with Crippen molar-refractivity contribution in [2.24, 2.45) is 5.11 Å². The fraction of sp³-hybridized carbons (Fsp3) is 0.857. The SMILES string of the molecule is CC1(C)O[C@@H](CN=[N+]=[N-])[C@H](C(=O)O)O1. The fourth-order valence-electron chi connectivity index (χ4n) is 1.30. The van der Waals surface area contributed by atoms with Gasteiger partial charge in [0, 0.05) is 4.91 Å². The maximum absolute atomic E-state index is 10.7. The number of carbonyl (C=O) groups is 1. The first-order valence-electron chi connectivity index (χ1n) is 4.05. The highest BCUT2D eigenvalue weighted by Crippen LogP contribution is 2.28. The second-order valence-electron chi connectivity index (χ2n) is 3.35. The Hall–Kier alpha value is -1.30. The number of hydrogen-bond donors (Lipinski definition) is 1. The van der Waals surface area contributed by atoms with Gasteiger partial charge in [0.15, 0.2) is 11.9 Å². The van der Waals surface area contributed by atoms with Gasteiger partial charge in [-0.2, -0.15) is 0 Å². The van der Waals surface area contributed by atoms with E-state index in [2.05, 4.69) is 10.0 Å². The van der Waals surface area contributed by atoms with E-state index in [1.54, 1.807) is 13.8 Å². The average Bonchev–Trinajstić information content (AvgIpc) is 2.38. The summed E-state index contributed by atoms with van der Waals surface area (Å²) in [5.74, 6) is -2.06. The van der Waals surface area contributed by atoms with Crippen molar-refractivity contribution >= 4 is 5.97 Å². The Morgan fingerprint density at radius 2 is 2.29 bits per heavy atom. The van der Waals surface area contributed by atoms with Gasteiger partial charge >= 0.3 is 5.97 Å². The molecule has 1 fully saturated rings. The van der Waals surface area contributed by atoms with Crippen LogP contribution in [0, 0.1) is 0 Å². The van der Waals surface area contributed by atoms with E-state index in [4.69, 9.17) is 20.1 Å². The van der Waals surface area contributed by atoms with Crippen LogP contribution in [0.4, 0.5) is 0 Å². The molecule has 78 valence electrons. The molecule has 7 heteroatoms. The third-order valence-corrected chi connectivity index (χ3v) is 1.75. The molecule has 0 spiro atoms. The van der Waals surface area contributed by atoms with Crippen molar-refractivity contribution < 1.29 is 19.4 Å². The van der Waals surface area contributed by atoms with Crippen LogP contribution in [-0.4, -0.2) is 35.6 Å². The summed E-state index contributed by atoms with van der Waals surface area (Å²) in [6, 6.07) is 0. The molecule has 1 aliphatic rings. The van der Waals surface area contributed by atoms with E-state index in [9.17, 15) is 4.79 Å². The lowest BCUT2D eigenvalue weighted by atomic mass is 10.2. The number of ether oxygens (including phenoxy) is 2. The Kier molecular flexibility index (Phi) is 2.95. The Balaban J connectivity index is 2.72. The number of aliphatic carboxylic acids is 1. The van der Waals surface area contributed by atoms with Crippen molar-refractivity contribution in [1.29, 1.82) is 0 Å². The second-order valence-corrected chi connectivity index (χ2v) is 3.35. The van der Waals surface area contributed by atoms with Crippen molar-refractivity contribution in [1.82, 2.24) is 0 Å². The van der Waals surface area contributed by atoms with Gasteiger partial charge in [-0.15, -0.1) is 0 Å². The molecule has 0 radical (unpaired) electrons. The minimum atomic E-state index is -1.12. The maximum atomic E-state index is 10.7. The van der Waals surface area contributed by atoms with E-state index in [0.717, 1.165) is 0 Å². The molecule has 2 atom stereocenters. The van der Waals surface area contributed by atoms with E-state index >= 15 is 0 Å². The molecule has 1 N–H and O–H groups in total. The van der Waals surface area contributed by atoms with Crippen LogP contribution in [0.3, 0.4) is 0 Å². The lowest BCUT2D eigenvalue weighted by Crippen LogP contribution is -2.33. The summed E-state index contributed by atoms with van der Waals surface area (Å²) in [5.41, 5.74) is 8.10. The Labute approximate surface area is 80.2 Å². The molecule has 0 unspecified atom stereocenters. The predicted octanol–water partition coefficient (Wildman–Crippen LogP) is 0.901. The summed E-state index contributed by atoms with van der Waals surface area (Å²) in [7, 11) is 0. The molecule has 0 aliphatic carbocycles. The van der Waals surface area contributed by atoms with Crippen LogP contribution < -0.4 is 0 Å². The van der Waals surface area contributed by atoms with Crippen molar-refractivity contribution in [3.05, 3.63) is 10.4 Å². The largest absolute Gasteiger partial charge is 0.479 e. The molecular formula is C7H11N3O4. The van der Waals surface area contributed by atoms with Crippen LogP contribution in [0.2, 0.25) is 0 Å². The fourth-order valence-corrected chi connectivity index (χ4v) is 1.30. The molecule has 14 heavy (non-hydrogen) atoms. The van der Waals surface area contributed by atoms with Gasteiger partial charge in [-0.3, -0.25) is 0 Å². The number of azide groups is 1. The van der Waals surface area contributed by atoms with Crippen molar-refractivity contribution in [2.75, 3.05) is 6.54 Å². The van der Waals surface area contributed by atoms with Gasteiger partial charge in [0.25, 0.3) is 0 Å². The molecule has 0 bridgehead atoms. The van der Waals surface area contributed by atoms with E-state index in [0.29, 0.717) is 0 Å². The standard InChI is InChI=1S/C7H11N3O4/c1-7(2)13-4(3-9-10-8)5(14-7)6(11)12/h4-5H,3H2,1-2H3,(H,11,12)/t4-,5+/m0/s1. The molecule has 1 heterocycles. The first kappa shape index (κ1) is 10.8. The highest BCUT2D eigenvalue weighted by Gasteiger charge is 2.44. The van der Waals surface area contributed by atoms with Gasteiger partial charge in [0.05, 0.1) is 6.54 Å². The molecule has 0 amide bonds. The minimum absolute atomic E-state index is 0.0447. The molecule has 1 aliphatic heterocycles. The molecule has 0 aromatic rings. The monoisotopic (exact) mass is 201 g/mol. The Bertz CT molecular complexity index is 285. The lowest BCUT2D eigenvalue weighted by Gasteiger charge is -2.15. The van der Waals surface area contributed by atoms with Crippen LogP contribution >= 0.6 is 0 Å². The van der Waals surface area contributed by atoms with Gasteiger partial charge < -0.3 is 14.6 Å². The Morgan fingerprint density at radius 3 is 2.79 bits per heavy atom. The lowest BCUT2D eigenvalue weighted by molar-refractivity contribution is -0.165. The number of hydrogen-bond acceptors (Lipinski definition) is 4. The van der Waals surface area contributed by atoms with Gasteiger partial charge in [-0.25, -0.2) is 4.79 Å². The molecule has 1 saturated heterocycles. The van der Waals surface area contributed by atoms with E-state index in [1.807, 2.05) is 0 Å². The predicted molar refractivity (Wildman–Crippen MR) is 45.5 cm³/mol. The molecule has 0 aromatic carbocycles. The van der Waals surface area contributed by atoms with Crippen LogP contribution in [0.5, 0.6) is 0 Å². The van der Waals surface area contributed by atoms with Crippen LogP contribution in [-0.2, 0) is 14.3 Å². The zero-order valence-corrected chi connectivity index (χ0v) is 7.88. The normalized spacial score (nSPS) is 29.6. The van der Waals surface area contributed by atoms with Gasteiger partial charge in [0.2, 0.25) is 0 Å². The highest BCUT2D eigenvalue weighted by atomic mass is 16.8. The summed E-state index contributed by atoms with van der Waals surface area (Å²) in [5, 5.41) is 12.0. The summed E-state index contributed by atoms with van der Waals surface area (Å²) >= 11 is 0. The number of carboxylic acids is 1. The molecular weight excluding hydrogens is 190 g/mol. The number of rotatable bonds is 3. The minimum Gasteiger partial charge on any atom is -0.479 e. The zero-order valence-electron chi connectivity index (χ0n) is 7.88. The summed E-state index contributed by atoms with van der Waals surface area (Å²) in [6.45, 7) is 3.18. The number of nitrogens with zero attached hydrogens (tertiary/aromatic N) is 3. The van der Waals surface area contributed by atoms with Gasteiger partial charge in [-0.1, -0.05) is 5.11 Å². The van der Waals surface area contributed by atoms with Gasteiger partial charge in [-0.05, 0) is 19.4 Å². The van der Waals surface area contributed by atoms with E-state index < -0.39 is 24.0 Å². The highest BCUT2D eigenvalue weighted by molar-refractivity contribution is 5.73. The first-order chi connectivity index (χ1) is 6.46. The average molecular weight is 201 g/mol. The summed E-state index contributed by atoms with van der Waals surface area (Å²) in [6.07, 6.45) is -1.80. The van der Waals surface area contributed by atoms with Crippen LogP contribution in [0.1, 0.15) is 13.8 Å². The maximum Gasteiger partial charge on any atom is 0.335 e. The van der Waals surface area contributed by atoms with Crippen molar-refractivity contribution in [2.45, 2.75) is 31.8 Å². The van der Waals surface area contributed by atoms with Gasteiger partial charge in [0.1, 0.15) is 6.10 Å². The third-order valence-electron chi connectivity index (χ3n) is 1.75. The topological polar surface area (TPSA) is 105 Å². The summed E-state index contributed by atoms with van der Waals surface area (Å²) < 4.78 is 10.4. The second kappa shape index (κ2) is 3.83. The molecule has 7 nitrogen and oxygen atoms in total. The number of carboxylic acid groups (broad SMARTS) is 1. The molecule has 0 aromatic heterocycles. The third kappa shape index (κ3) is 2.35. The Morgan fingerprint density at radius 1 is 1.64 bits per heavy atom. The summed E-state index contributed by atoms with van der Waals surface area (Å²) in [4.78, 5) is 13.3. The van der Waals surface area contributed by atoms with Crippen molar-refractivity contribution in [3.8, 4) is 0 Å². The van der Waals surface area contributed by atoms with E-state index in [-0.39, 0.29) is 6.54 Å². The smallest absolute Gasteiger partial charge is 0.335 e. The quantitative estimate of drug-likeness (QED) is 0.416. The van der Waals surface area contributed by atoms with Crippen molar-refractivity contribution in [3.63, 3.8) is 0 Å². The molecule has 0 saturated carbocycles. The van der Waals surface area contributed by atoms with Crippen LogP contribution in [0.15, 0.2) is 5.11 Å². The molecule has 1 rings (SSSR count). The zero-order chi connectivity index (χ0) is 10.8.